The number of fused-ring (bicyclic) bond motifs is 2. The topological polar surface area (TPSA) is 74.8 Å². The molecule has 1 unspecified atom stereocenters. The van der Waals surface area contributed by atoms with Crippen molar-refractivity contribution < 1.29 is 4.79 Å². The molecule has 0 bridgehead atoms. The second-order valence-electron chi connectivity index (χ2n) is 7.42. The summed E-state index contributed by atoms with van der Waals surface area (Å²) in [6.07, 6.45) is 0.211. The van der Waals surface area contributed by atoms with E-state index in [0.717, 1.165) is 21.9 Å². The Kier molecular flexibility index (Phi) is 5.26. The summed E-state index contributed by atoms with van der Waals surface area (Å²) < 4.78 is 0. The van der Waals surface area contributed by atoms with E-state index in [-0.39, 0.29) is 23.8 Å². The maximum absolute atomic E-state index is 13.1. The van der Waals surface area contributed by atoms with Gasteiger partial charge in [0.1, 0.15) is 5.82 Å². The molecule has 154 valence electrons. The highest BCUT2D eigenvalue weighted by Crippen LogP contribution is 2.37. The third-order valence-electron chi connectivity index (χ3n) is 5.42. The minimum Gasteiger partial charge on any atom is -0.310 e. The maximum Gasteiger partial charge on any atom is 0.257 e. The monoisotopic (exact) mass is 447 g/mol. The van der Waals surface area contributed by atoms with Crippen LogP contribution in [0.1, 0.15) is 29.0 Å². The van der Waals surface area contributed by atoms with Gasteiger partial charge in [0.05, 0.1) is 5.56 Å². The van der Waals surface area contributed by atoms with Crippen molar-refractivity contribution in [3.63, 3.8) is 0 Å². The van der Waals surface area contributed by atoms with Gasteiger partial charge in [0.2, 0.25) is 5.91 Å². The van der Waals surface area contributed by atoms with Crippen LogP contribution >= 0.6 is 23.4 Å². The van der Waals surface area contributed by atoms with Crippen LogP contribution in [0.25, 0.3) is 10.8 Å². The van der Waals surface area contributed by atoms with Gasteiger partial charge in [-0.05, 0) is 34.0 Å². The molecular weight excluding hydrogens is 430 g/mol. The van der Waals surface area contributed by atoms with E-state index in [1.54, 1.807) is 0 Å². The summed E-state index contributed by atoms with van der Waals surface area (Å²) in [5, 5.41) is 6.05. The van der Waals surface area contributed by atoms with Crippen LogP contribution in [-0.4, -0.2) is 15.9 Å². The number of nitrogens with zero attached hydrogens (tertiary/aromatic N) is 1. The van der Waals surface area contributed by atoms with Crippen LogP contribution in [0.2, 0.25) is 5.02 Å². The molecule has 7 heteroatoms. The molecule has 1 atom stereocenters. The Labute approximate surface area is 187 Å². The van der Waals surface area contributed by atoms with Gasteiger partial charge in [-0.1, -0.05) is 78.0 Å². The number of halogens is 1. The molecule has 4 aromatic rings. The first-order valence-corrected chi connectivity index (χ1v) is 11.2. The zero-order chi connectivity index (χ0) is 21.4. The van der Waals surface area contributed by atoms with Crippen LogP contribution in [0.4, 0.5) is 5.82 Å². The van der Waals surface area contributed by atoms with Gasteiger partial charge in [0.15, 0.2) is 5.16 Å². The average Bonchev–Trinajstić information content (AvgIpc) is 2.77. The molecule has 2 N–H and O–H groups in total. The van der Waals surface area contributed by atoms with Gasteiger partial charge in [-0.2, -0.15) is 0 Å². The minimum atomic E-state index is -0.346. The van der Waals surface area contributed by atoms with E-state index in [4.69, 9.17) is 11.6 Å². The second kappa shape index (κ2) is 8.21. The van der Waals surface area contributed by atoms with Crippen molar-refractivity contribution >= 4 is 45.9 Å². The first-order valence-electron chi connectivity index (χ1n) is 9.87. The zero-order valence-corrected chi connectivity index (χ0v) is 18.0. The lowest BCUT2D eigenvalue weighted by molar-refractivity contribution is -0.116. The lowest BCUT2D eigenvalue weighted by Gasteiger charge is -2.25. The van der Waals surface area contributed by atoms with Gasteiger partial charge in [-0.15, -0.1) is 0 Å². The normalized spacial score (nSPS) is 15.5. The Morgan fingerprint density at radius 1 is 1.00 bits per heavy atom. The third-order valence-corrected chi connectivity index (χ3v) is 6.61. The molecule has 1 aliphatic heterocycles. The number of carbonyl (C=O) groups is 1. The quantitative estimate of drug-likeness (QED) is 0.327. The number of thioether (sulfide) groups is 1. The van der Waals surface area contributed by atoms with Crippen molar-refractivity contribution in [1.29, 1.82) is 0 Å². The SMILES string of the molecule is O=C1CC(c2cccc3ccccc23)c2c(nc(SCc3ccc(Cl)cc3)[nH]c2=O)N1. The van der Waals surface area contributed by atoms with Crippen molar-refractivity contribution in [2.75, 3.05) is 5.32 Å². The molecule has 1 amide bonds. The number of rotatable bonds is 4. The van der Waals surface area contributed by atoms with Crippen molar-refractivity contribution in [2.24, 2.45) is 0 Å². The van der Waals surface area contributed by atoms with E-state index >= 15 is 0 Å². The van der Waals surface area contributed by atoms with Crippen LogP contribution in [0.5, 0.6) is 0 Å². The molecule has 0 spiro atoms. The van der Waals surface area contributed by atoms with E-state index in [1.807, 2.05) is 66.7 Å². The Balaban J connectivity index is 1.52. The molecule has 5 rings (SSSR count). The average molecular weight is 448 g/mol. The lowest BCUT2D eigenvalue weighted by Crippen LogP contribution is -2.31. The van der Waals surface area contributed by atoms with E-state index in [2.05, 4.69) is 15.3 Å². The predicted octanol–water partition coefficient (Wildman–Crippen LogP) is 5.34. The highest BCUT2D eigenvalue weighted by Gasteiger charge is 2.31. The summed E-state index contributed by atoms with van der Waals surface area (Å²) in [5.74, 6) is 0.481. The summed E-state index contributed by atoms with van der Waals surface area (Å²) in [4.78, 5) is 33.0. The number of nitrogens with one attached hydrogen (secondary N) is 2. The first kappa shape index (κ1) is 19.8. The molecule has 0 fully saturated rings. The van der Waals surface area contributed by atoms with Gasteiger partial charge in [0, 0.05) is 23.1 Å². The number of aromatic nitrogens is 2. The Morgan fingerprint density at radius 2 is 1.77 bits per heavy atom. The number of carbonyl (C=O) groups excluding carboxylic acids is 1. The van der Waals surface area contributed by atoms with Crippen molar-refractivity contribution in [1.82, 2.24) is 9.97 Å². The van der Waals surface area contributed by atoms with Crippen LogP contribution in [-0.2, 0) is 10.5 Å². The van der Waals surface area contributed by atoms with Gasteiger partial charge < -0.3 is 10.3 Å². The Hall–Kier alpha value is -3.09. The van der Waals surface area contributed by atoms with Crippen molar-refractivity contribution in [3.8, 4) is 0 Å². The summed E-state index contributed by atoms with van der Waals surface area (Å²) in [7, 11) is 0. The Morgan fingerprint density at radius 3 is 2.61 bits per heavy atom. The summed E-state index contributed by atoms with van der Waals surface area (Å²) in [6, 6.07) is 21.5. The molecular formula is C24H18ClN3O2S. The fourth-order valence-corrected chi connectivity index (χ4v) is 4.91. The molecule has 0 aliphatic carbocycles. The Bertz CT molecular complexity index is 1350. The molecule has 0 radical (unpaired) electrons. The zero-order valence-electron chi connectivity index (χ0n) is 16.4. The minimum absolute atomic E-state index is 0.141. The van der Waals surface area contributed by atoms with Crippen LogP contribution in [0.15, 0.2) is 76.7 Å². The van der Waals surface area contributed by atoms with Gasteiger partial charge in [0.25, 0.3) is 5.56 Å². The highest BCUT2D eigenvalue weighted by atomic mass is 35.5. The molecule has 5 nitrogen and oxygen atoms in total. The van der Waals surface area contributed by atoms with Crippen molar-refractivity contribution in [2.45, 2.75) is 23.2 Å². The number of hydrogen-bond donors (Lipinski definition) is 2. The number of aromatic amines is 1. The fraction of sp³-hybridized carbons (Fsp3) is 0.125. The number of amides is 1. The smallest absolute Gasteiger partial charge is 0.257 e. The summed E-state index contributed by atoms with van der Waals surface area (Å²) in [6.45, 7) is 0. The van der Waals surface area contributed by atoms with Crippen molar-refractivity contribution in [3.05, 3.63) is 98.8 Å². The van der Waals surface area contributed by atoms with E-state index < -0.39 is 0 Å². The number of anilines is 1. The molecule has 0 saturated carbocycles. The molecule has 31 heavy (non-hydrogen) atoms. The van der Waals surface area contributed by atoms with E-state index in [9.17, 15) is 9.59 Å². The fourth-order valence-electron chi connectivity index (χ4n) is 3.97. The van der Waals surface area contributed by atoms with Crippen LogP contribution < -0.4 is 10.9 Å². The largest absolute Gasteiger partial charge is 0.310 e. The number of hydrogen-bond acceptors (Lipinski definition) is 4. The molecule has 3 aromatic carbocycles. The predicted molar refractivity (Wildman–Crippen MR) is 125 cm³/mol. The van der Waals surface area contributed by atoms with Crippen LogP contribution in [0.3, 0.4) is 0 Å². The standard InChI is InChI=1S/C24H18ClN3O2S/c25-16-10-8-14(9-11-16)13-31-24-27-22-21(23(30)28-24)19(12-20(29)26-22)18-7-3-5-15-4-1-2-6-17(15)18/h1-11,19H,12-13H2,(H2,26,27,28,29,30). The molecule has 1 aliphatic rings. The summed E-state index contributed by atoms with van der Waals surface area (Å²) in [5.41, 5.74) is 2.31. The second-order valence-corrected chi connectivity index (χ2v) is 8.82. The number of benzene rings is 3. The van der Waals surface area contributed by atoms with Crippen LogP contribution in [0, 0.1) is 0 Å². The maximum atomic E-state index is 13.1. The highest BCUT2D eigenvalue weighted by molar-refractivity contribution is 7.98. The van der Waals surface area contributed by atoms with Gasteiger partial charge in [-0.25, -0.2) is 4.98 Å². The molecule has 1 aromatic heterocycles. The lowest BCUT2D eigenvalue weighted by atomic mass is 9.84. The molecule has 2 heterocycles. The first-order chi connectivity index (χ1) is 15.1. The van der Waals surface area contributed by atoms with Gasteiger partial charge in [-0.3, -0.25) is 9.59 Å². The number of H-pyrrole nitrogens is 1. The third kappa shape index (κ3) is 3.96. The van der Waals surface area contributed by atoms with Gasteiger partial charge >= 0.3 is 0 Å². The summed E-state index contributed by atoms with van der Waals surface area (Å²) >= 11 is 7.34. The van der Waals surface area contributed by atoms with E-state index in [1.165, 1.54) is 11.8 Å². The molecule has 0 saturated heterocycles. The van der Waals surface area contributed by atoms with E-state index in [0.29, 0.717) is 27.3 Å².